The number of aryl methyl sites for hydroxylation is 2. The van der Waals surface area contributed by atoms with Crippen molar-refractivity contribution in [2.24, 2.45) is 0 Å². The van der Waals surface area contributed by atoms with Crippen molar-refractivity contribution >= 4 is 17.5 Å². The summed E-state index contributed by atoms with van der Waals surface area (Å²) in [6.07, 6.45) is 0. The molecule has 2 rings (SSSR count). The van der Waals surface area contributed by atoms with Gasteiger partial charge in [-0.25, -0.2) is 4.39 Å². The van der Waals surface area contributed by atoms with Crippen molar-refractivity contribution in [3.63, 3.8) is 0 Å². The zero-order valence-electron chi connectivity index (χ0n) is 12.5. The van der Waals surface area contributed by atoms with Gasteiger partial charge in [0.25, 0.3) is 5.91 Å². The first-order valence-corrected chi connectivity index (χ1v) is 7.12. The van der Waals surface area contributed by atoms with Crippen LogP contribution in [-0.2, 0) is 5.60 Å². The molecule has 4 nitrogen and oxygen atoms in total. The van der Waals surface area contributed by atoms with E-state index < -0.39 is 17.3 Å². The number of benzene rings is 1. The molecule has 0 fully saturated rings. The molecule has 6 heteroatoms. The molecule has 0 saturated heterocycles. The van der Waals surface area contributed by atoms with Crippen LogP contribution >= 0.6 is 11.6 Å². The molecule has 0 aliphatic heterocycles. The molecule has 2 aromatic rings. The summed E-state index contributed by atoms with van der Waals surface area (Å²) in [5.41, 5.74) is -1.00. The van der Waals surface area contributed by atoms with Gasteiger partial charge in [-0.3, -0.25) is 4.79 Å². The van der Waals surface area contributed by atoms with Gasteiger partial charge >= 0.3 is 0 Å². The van der Waals surface area contributed by atoms with Crippen LogP contribution in [0.25, 0.3) is 0 Å². The molecular formula is C16H17ClFNO3. The number of rotatable bonds is 4. The van der Waals surface area contributed by atoms with Crippen molar-refractivity contribution < 1.29 is 18.7 Å². The Morgan fingerprint density at radius 1 is 1.45 bits per heavy atom. The van der Waals surface area contributed by atoms with Crippen LogP contribution in [-0.4, -0.2) is 17.6 Å². The lowest BCUT2D eigenvalue weighted by atomic mass is 9.96. The highest BCUT2D eigenvalue weighted by Gasteiger charge is 2.29. The first-order chi connectivity index (χ1) is 10.2. The van der Waals surface area contributed by atoms with E-state index in [1.165, 1.54) is 12.1 Å². The van der Waals surface area contributed by atoms with Crippen molar-refractivity contribution in [2.45, 2.75) is 26.4 Å². The summed E-state index contributed by atoms with van der Waals surface area (Å²) in [7, 11) is 0. The third-order valence-electron chi connectivity index (χ3n) is 3.40. The largest absolute Gasteiger partial charge is 0.466 e. The Kier molecular flexibility index (Phi) is 4.58. The predicted molar refractivity (Wildman–Crippen MR) is 81.5 cm³/mol. The summed E-state index contributed by atoms with van der Waals surface area (Å²) in [4.78, 5) is 12.1. The van der Waals surface area contributed by atoms with Crippen molar-refractivity contribution in [1.29, 1.82) is 0 Å². The van der Waals surface area contributed by atoms with Gasteiger partial charge in [-0.2, -0.15) is 0 Å². The van der Waals surface area contributed by atoms with Crippen LogP contribution in [0, 0.1) is 19.7 Å². The van der Waals surface area contributed by atoms with E-state index in [9.17, 15) is 14.3 Å². The number of hydrogen-bond donors (Lipinski definition) is 2. The second-order valence-electron chi connectivity index (χ2n) is 5.38. The van der Waals surface area contributed by atoms with Crippen LogP contribution in [0.2, 0.25) is 5.02 Å². The fourth-order valence-corrected chi connectivity index (χ4v) is 2.57. The minimum Gasteiger partial charge on any atom is -0.466 e. The van der Waals surface area contributed by atoms with Crippen molar-refractivity contribution in [3.8, 4) is 0 Å². The van der Waals surface area contributed by atoms with Crippen molar-refractivity contribution in [3.05, 3.63) is 57.8 Å². The predicted octanol–water partition coefficient (Wildman–Crippen LogP) is 3.33. The Morgan fingerprint density at radius 3 is 2.68 bits per heavy atom. The molecule has 0 aliphatic rings. The molecule has 2 N–H and O–H groups in total. The number of furan rings is 1. The fourth-order valence-electron chi connectivity index (χ4n) is 2.32. The number of amides is 1. The van der Waals surface area contributed by atoms with Crippen molar-refractivity contribution in [2.75, 3.05) is 6.54 Å². The van der Waals surface area contributed by atoms with Gasteiger partial charge in [0.05, 0.1) is 17.1 Å². The van der Waals surface area contributed by atoms with Gasteiger partial charge in [-0.15, -0.1) is 0 Å². The lowest BCUT2D eigenvalue weighted by Crippen LogP contribution is -2.39. The number of halogens is 2. The third-order valence-corrected chi connectivity index (χ3v) is 3.72. The molecule has 118 valence electrons. The number of hydrogen-bond acceptors (Lipinski definition) is 3. The van der Waals surface area contributed by atoms with Gasteiger partial charge in [-0.1, -0.05) is 17.7 Å². The van der Waals surface area contributed by atoms with E-state index in [0.29, 0.717) is 17.1 Å². The maximum Gasteiger partial charge on any atom is 0.255 e. The Bertz CT molecular complexity index is 689. The van der Waals surface area contributed by atoms with Crippen molar-refractivity contribution in [1.82, 2.24) is 5.32 Å². The quantitative estimate of drug-likeness (QED) is 0.906. The van der Waals surface area contributed by atoms with Crippen LogP contribution in [0.3, 0.4) is 0 Å². The first-order valence-electron chi connectivity index (χ1n) is 6.74. The highest BCUT2D eigenvalue weighted by atomic mass is 35.5. The van der Waals surface area contributed by atoms with Gasteiger partial charge in [0.1, 0.15) is 22.9 Å². The average Bonchev–Trinajstić information content (AvgIpc) is 2.76. The van der Waals surface area contributed by atoms with E-state index in [0.717, 1.165) is 6.07 Å². The highest BCUT2D eigenvalue weighted by molar-refractivity contribution is 6.33. The minimum atomic E-state index is -1.34. The smallest absolute Gasteiger partial charge is 0.255 e. The number of carbonyl (C=O) groups excluding carboxylic acids is 1. The summed E-state index contributed by atoms with van der Waals surface area (Å²) >= 11 is 5.84. The number of nitrogens with one attached hydrogen (secondary N) is 1. The number of carbonyl (C=O) groups is 1. The molecule has 0 aliphatic carbocycles. The highest BCUT2D eigenvalue weighted by Crippen LogP contribution is 2.26. The van der Waals surface area contributed by atoms with E-state index in [4.69, 9.17) is 16.0 Å². The van der Waals surface area contributed by atoms with Gasteiger partial charge in [-0.05, 0) is 39.0 Å². The molecule has 1 atom stereocenters. The van der Waals surface area contributed by atoms with Crippen LogP contribution in [0.15, 0.2) is 28.7 Å². The monoisotopic (exact) mass is 325 g/mol. The Morgan fingerprint density at radius 2 is 2.14 bits per heavy atom. The molecule has 1 aromatic heterocycles. The van der Waals surface area contributed by atoms with E-state index in [-0.39, 0.29) is 17.1 Å². The lowest BCUT2D eigenvalue weighted by molar-refractivity contribution is 0.0513. The summed E-state index contributed by atoms with van der Waals surface area (Å²) < 4.78 is 19.1. The van der Waals surface area contributed by atoms with E-state index >= 15 is 0 Å². The Labute approximate surface area is 132 Å². The summed E-state index contributed by atoms with van der Waals surface area (Å²) in [6, 6.07) is 5.71. The van der Waals surface area contributed by atoms with E-state index in [1.54, 1.807) is 26.8 Å². The maximum atomic E-state index is 13.7. The van der Waals surface area contributed by atoms with Crippen LogP contribution < -0.4 is 5.32 Å². The molecule has 0 radical (unpaired) electrons. The summed E-state index contributed by atoms with van der Waals surface area (Å²) in [5, 5.41) is 13.0. The molecule has 0 bridgehead atoms. The fraction of sp³-hybridized carbons (Fsp3) is 0.312. The molecule has 22 heavy (non-hydrogen) atoms. The second kappa shape index (κ2) is 6.10. The molecule has 1 amide bonds. The van der Waals surface area contributed by atoms with Gasteiger partial charge in [0, 0.05) is 5.56 Å². The van der Waals surface area contributed by atoms with Gasteiger partial charge in [0.15, 0.2) is 0 Å². The molecule has 1 heterocycles. The zero-order valence-corrected chi connectivity index (χ0v) is 13.3. The van der Waals surface area contributed by atoms with E-state index in [1.807, 2.05) is 0 Å². The summed E-state index contributed by atoms with van der Waals surface area (Å²) in [5.74, 6) is -0.154. The van der Waals surface area contributed by atoms with E-state index in [2.05, 4.69) is 5.32 Å². The summed E-state index contributed by atoms with van der Waals surface area (Å²) in [6.45, 7) is 4.94. The lowest BCUT2D eigenvalue weighted by Gasteiger charge is -2.23. The first kappa shape index (κ1) is 16.5. The topological polar surface area (TPSA) is 62.5 Å². The van der Waals surface area contributed by atoms with Crippen LogP contribution in [0.4, 0.5) is 4.39 Å². The average molecular weight is 326 g/mol. The Hall–Kier alpha value is -1.85. The third kappa shape index (κ3) is 3.31. The number of aliphatic hydroxyl groups is 1. The normalized spacial score (nSPS) is 13.7. The Balaban J connectivity index is 2.15. The molecule has 0 spiro atoms. The molecule has 0 unspecified atom stereocenters. The van der Waals surface area contributed by atoms with Gasteiger partial charge < -0.3 is 14.8 Å². The maximum absolute atomic E-state index is 13.7. The van der Waals surface area contributed by atoms with Gasteiger partial charge in [0.2, 0.25) is 0 Å². The molecule has 0 saturated carbocycles. The molecule has 1 aromatic carbocycles. The van der Waals surface area contributed by atoms with Crippen LogP contribution in [0.5, 0.6) is 0 Å². The minimum absolute atomic E-state index is 0.0208. The zero-order chi connectivity index (χ0) is 16.5. The standard InChI is InChI=1S/C16H17ClFNO3/c1-9-7-11(10(2)22-9)16(3,21)8-19-15(20)14-12(17)5-4-6-13(14)18/h4-7,21H,8H2,1-3H3,(H,19,20)/t16-/m1/s1. The second-order valence-corrected chi connectivity index (χ2v) is 5.79. The SMILES string of the molecule is Cc1cc([C@](C)(O)CNC(=O)c2c(F)cccc2Cl)c(C)o1. The molecular weight excluding hydrogens is 309 g/mol. The van der Waals surface area contributed by atoms with Crippen LogP contribution in [0.1, 0.15) is 34.4 Å².